The Morgan fingerprint density at radius 3 is 2.88 bits per heavy atom. The van der Waals surface area contributed by atoms with Gasteiger partial charge in [0.05, 0.1) is 23.0 Å². The van der Waals surface area contributed by atoms with Crippen LogP contribution in [0.1, 0.15) is 15.9 Å². The lowest BCUT2D eigenvalue weighted by molar-refractivity contribution is 0.0982. The maximum absolute atomic E-state index is 12.6. The van der Waals surface area contributed by atoms with Crippen LogP contribution < -0.4 is 9.03 Å². The van der Waals surface area contributed by atoms with Crippen molar-refractivity contribution < 1.29 is 13.2 Å². The predicted octanol–water partition coefficient (Wildman–Crippen LogP) is 1.60. The standard InChI is InChI=1S/C16H14N4O3S/c21-16(13-6-3-5-12-10-17-18-15(12)13)19-24(22,23)20-9-8-11-4-1-2-7-14(11)20/h1-7,10H,8-9H2,(H,17,18)(H,19,21). The summed E-state index contributed by atoms with van der Waals surface area (Å²) in [7, 11) is -3.97. The number of amides is 1. The summed E-state index contributed by atoms with van der Waals surface area (Å²) in [5, 5.41) is 7.35. The number of nitrogens with one attached hydrogen (secondary N) is 2. The molecule has 2 heterocycles. The lowest BCUT2D eigenvalue weighted by atomic mass is 10.1. The van der Waals surface area contributed by atoms with Crippen LogP contribution in [-0.4, -0.2) is 31.1 Å². The monoisotopic (exact) mass is 342 g/mol. The molecule has 0 bridgehead atoms. The third-order valence-corrected chi connectivity index (χ3v) is 5.48. The van der Waals surface area contributed by atoms with Crippen LogP contribution in [0.3, 0.4) is 0 Å². The molecule has 0 aliphatic carbocycles. The summed E-state index contributed by atoms with van der Waals surface area (Å²) in [5.41, 5.74) is 2.30. The van der Waals surface area contributed by atoms with Crippen LogP contribution in [0.15, 0.2) is 48.7 Å². The largest absolute Gasteiger partial charge is 0.326 e. The Morgan fingerprint density at radius 2 is 2.00 bits per heavy atom. The topological polar surface area (TPSA) is 95.2 Å². The summed E-state index contributed by atoms with van der Waals surface area (Å²) in [6, 6.07) is 12.3. The number of hydrogen-bond acceptors (Lipinski definition) is 4. The summed E-state index contributed by atoms with van der Waals surface area (Å²) in [5.74, 6) is -0.686. The van der Waals surface area contributed by atoms with Crippen LogP contribution in [0.2, 0.25) is 0 Å². The molecule has 1 aliphatic heterocycles. The number of aromatic nitrogens is 2. The van der Waals surface area contributed by atoms with Crippen LogP contribution in [0.5, 0.6) is 0 Å². The number of nitrogens with zero attached hydrogens (tertiary/aromatic N) is 2. The maximum Gasteiger partial charge on any atom is 0.326 e. The van der Waals surface area contributed by atoms with Gasteiger partial charge in [0.25, 0.3) is 5.91 Å². The fourth-order valence-electron chi connectivity index (χ4n) is 2.94. The van der Waals surface area contributed by atoms with Crippen molar-refractivity contribution in [1.29, 1.82) is 0 Å². The first-order valence-electron chi connectivity index (χ1n) is 7.41. The van der Waals surface area contributed by atoms with Gasteiger partial charge in [-0.25, -0.2) is 4.72 Å². The Kier molecular flexibility index (Phi) is 3.27. The van der Waals surface area contributed by atoms with E-state index in [0.29, 0.717) is 24.2 Å². The molecular formula is C16H14N4O3S. The second-order valence-corrected chi connectivity index (χ2v) is 7.12. The number of para-hydroxylation sites is 2. The molecule has 0 saturated carbocycles. The molecule has 2 aromatic carbocycles. The van der Waals surface area contributed by atoms with Crippen LogP contribution in [0.25, 0.3) is 10.9 Å². The Balaban J connectivity index is 1.65. The minimum Gasteiger partial charge on any atom is -0.277 e. The van der Waals surface area contributed by atoms with E-state index in [4.69, 9.17) is 0 Å². The highest BCUT2D eigenvalue weighted by molar-refractivity contribution is 7.91. The van der Waals surface area contributed by atoms with Gasteiger partial charge in [0.2, 0.25) is 0 Å². The van der Waals surface area contributed by atoms with E-state index in [9.17, 15) is 13.2 Å². The number of hydrogen-bond donors (Lipinski definition) is 2. The van der Waals surface area contributed by atoms with E-state index in [1.165, 1.54) is 4.31 Å². The van der Waals surface area contributed by atoms with Crippen molar-refractivity contribution in [2.75, 3.05) is 10.8 Å². The molecule has 1 amide bonds. The van der Waals surface area contributed by atoms with Crippen molar-refractivity contribution >= 4 is 32.7 Å². The molecule has 3 aromatic rings. The van der Waals surface area contributed by atoms with Gasteiger partial charge in [0, 0.05) is 11.9 Å². The van der Waals surface area contributed by atoms with Gasteiger partial charge in [0.1, 0.15) is 0 Å². The van der Waals surface area contributed by atoms with Crippen LogP contribution in [0, 0.1) is 0 Å². The first kappa shape index (κ1) is 14.7. The molecule has 24 heavy (non-hydrogen) atoms. The molecule has 0 atom stereocenters. The highest BCUT2D eigenvalue weighted by Gasteiger charge is 2.31. The number of anilines is 1. The van der Waals surface area contributed by atoms with Crippen molar-refractivity contribution in [2.45, 2.75) is 6.42 Å². The number of rotatable bonds is 3. The van der Waals surface area contributed by atoms with E-state index in [2.05, 4.69) is 14.9 Å². The van der Waals surface area contributed by atoms with E-state index in [1.807, 2.05) is 12.1 Å². The smallest absolute Gasteiger partial charge is 0.277 e. The summed E-state index contributed by atoms with van der Waals surface area (Å²) in [6.45, 7) is 0.316. The molecule has 8 heteroatoms. The van der Waals surface area contributed by atoms with Gasteiger partial charge in [-0.15, -0.1) is 0 Å². The van der Waals surface area contributed by atoms with E-state index in [-0.39, 0.29) is 5.56 Å². The number of aromatic amines is 1. The van der Waals surface area contributed by atoms with E-state index in [0.717, 1.165) is 10.9 Å². The number of fused-ring (bicyclic) bond motifs is 2. The summed E-state index contributed by atoms with van der Waals surface area (Å²) in [4.78, 5) is 12.5. The SMILES string of the molecule is O=C(NS(=O)(=O)N1CCc2ccccc21)c1cccc2cn[nH]c12. The Bertz CT molecular complexity index is 1040. The van der Waals surface area contributed by atoms with E-state index in [1.54, 1.807) is 36.5 Å². The van der Waals surface area contributed by atoms with Crippen LogP contribution in [0.4, 0.5) is 5.69 Å². The molecule has 1 aromatic heterocycles. The Labute approximate surface area is 138 Å². The molecule has 0 saturated heterocycles. The fourth-order valence-corrected chi connectivity index (χ4v) is 4.17. The molecule has 7 nitrogen and oxygen atoms in total. The van der Waals surface area contributed by atoms with Gasteiger partial charge in [-0.1, -0.05) is 30.3 Å². The minimum atomic E-state index is -3.97. The quantitative estimate of drug-likeness (QED) is 0.756. The molecule has 4 rings (SSSR count). The number of carbonyl (C=O) groups excluding carboxylic acids is 1. The Hall–Kier alpha value is -2.87. The lowest BCUT2D eigenvalue weighted by Crippen LogP contribution is -2.42. The number of carbonyl (C=O) groups is 1. The summed E-state index contributed by atoms with van der Waals surface area (Å²) >= 11 is 0. The molecule has 0 unspecified atom stereocenters. The number of benzene rings is 2. The third kappa shape index (κ3) is 2.31. The average molecular weight is 342 g/mol. The summed E-state index contributed by atoms with van der Waals surface area (Å²) < 4.78 is 28.6. The van der Waals surface area contributed by atoms with Gasteiger partial charge >= 0.3 is 10.2 Å². The highest BCUT2D eigenvalue weighted by Crippen LogP contribution is 2.29. The van der Waals surface area contributed by atoms with Crippen molar-refractivity contribution in [2.24, 2.45) is 0 Å². The molecule has 2 N–H and O–H groups in total. The van der Waals surface area contributed by atoms with Gasteiger partial charge in [-0.05, 0) is 24.1 Å². The molecule has 0 radical (unpaired) electrons. The molecule has 122 valence electrons. The zero-order valence-corrected chi connectivity index (χ0v) is 13.4. The fraction of sp³-hybridized carbons (Fsp3) is 0.125. The van der Waals surface area contributed by atoms with Crippen LogP contribution in [-0.2, 0) is 16.6 Å². The maximum atomic E-state index is 12.6. The van der Waals surface area contributed by atoms with Crippen molar-refractivity contribution in [3.8, 4) is 0 Å². The first-order valence-corrected chi connectivity index (χ1v) is 8.85. The van der Waals surface area contributed by atoms with Gasteiger partial charge in [-0.2, -0.15) is 13.5 Å². The van der Waals surface area contributed by atoms with Crippen molar-refractivity contribution in [1.82, 2.24) is 14.9 Å². The van der Waals surface area contributed by atoms with Gasteiger partial charge in [0.15, 0.2) is 0 Å². The third-order valence-electron chi connectivity index (χ3n) is 4.08. The molecule has 0 spiro atoms. The van der Waals surface area contributed by atoms with Gasteiger partial charge < -0.3 is 0 Å². The predicted molar refractivity (Wildman–Crippen MR) is 90.0 cm³/mol. The van der Waals surface area contributed by atoms with Gasteiger partial charge in [-0.3, -0.25) is 14.2 Å². The molecule has 1 aliphatic rings. The van der Waals surface area contributed by atoms with E-state index >= 15 is 0 Å². The van der Waals surface area contributed by atoms with Crippen molar-refractivity contribution in [3.05, 3.63) is 59.8 Å². The van der Waals surface area contributed by atoms with E-state index < -0.39 is 16.1 Å². The molecule has 0 fully saturated rings. The number of H-pyrrole nitrogens is 1. The summed E-state index contributed by atoms with van der Waals surface area (Å²) in [6.07, 6.45) is 2.21. The second-order valence-electron chi connectivity index (χ2n) is 5.53. The molecular weight excluding hydrogens is 328 g/mol. The second kappa shape index (κ2) is 5.34. The normalized spacial score (nSPS) is 13.9. The van der Waals surface area contributed by atoms with Crippen molar-refractivity contribution in [3.63, 3.8) is 0 Å². The zero-order chi connectivity index (χ0) is 16.7. The highest BCUT2D eigenvalue weighted by atomic mass is 32.2. The zero-order valence-electron chi connectivity index (χ0n) is 12.6. The average Bonchev–Trinajstić information content (AvgIpc) is 3.20. The Morgan fingerprint density at radius 1 is 1.17 bits per heavy atom. The lowest BCUT2D eigenvalue weighted by Gasteiger charge is -2.19. The first-order chi connectivity index (χ1) is 11.6. The minimum absolute atomic E-state index is 0.237. The van der Waals surface area contributed by atoms with Crippen LogP contribution >= 0.6 is 0 Å².